The third kappa shape index (κ3) is 3.14. The third-order valence-corrected chi connectivity index (χ3v) is 7.69. The molecule has 2 aromatic carbocycles. The van der Waals surface area contributed by atoms with Gasteiger partial charge in [-0.2, -0.15) is 15.8 Å². The Morgan fingerprint density at radius 2 is 1.79 bits per heavy atom. The zero-order valence-electron chi connectivity index (χ0n) is 20.7. The van der Waals surface area contributed by atoms with Crippen LogP contribution in [-0.4, -0.2) is 36.6 Å². The van der Waals surface area contributed by atoms with Gasteiger partial charge in [-0.05, 0) is 29.7 Å². The molecular formula is C29H24N6O3. The highest BCUT2D eigenvalue weighted by Gasteiger charge is 2.67. The van der Waals surface area contributed by atoms with Crippen molar-refractivity contribution in [2.45, 2.75) is 18.9 Å². The number of para-hydroxylation sites is 1. The molecular weight excluding hydrogens is 480 g/mol. The first-order valence-electron chi connectivity index (χ1n) is 12.2. The number of nitrogens with two attached hydrogens (primary N) is 1. The molecule has 2 heterocycles. The highest BCUT2D eigenvalue weighted by molar-refractivity contribution is 6.12. The van der Waals surface area contributed by atoms with Crippen LogP contribution in [0.25, 0.3) is 0 Å². The molecule has 188 valence electrons. The fourth-order valence-electron chi connectivity index (χ4n) is 6.03. The Morgan fingerprint density at radius 1 is 1.11 bits per heavy atom. The van der Waals surface area contributed by atoms with Gasteiger partial charge in [0.15, 0.2) is 0 Å². The van der Waals surface area contributed by atoms with Crippen molar-refractivity contribution >= 4 is 17.7 Å². The maximum Gasteiger partial charge on any atom is 0.410 e. The van der Waals surface area contributed by atoms with Crippen LogP contribution in [0.4, 0.5) is 10.5 Å². The smallest absolute Gasteiger partial charge is 0.410 e. The molecule has 0 bridgehead atoms. The number of fused-ring (bicyclic) bond motifs is 4. The summed E-state index contributed by atoms with van der Waals surface area (Å²) in [6.45, 7) is 2.13. The maximum atomic E-state index is 14.7. The van der Waals surface area contributed by atoms with Gasteiger partial charge in [-0.25, -0.2) is 4.79 Å². The number of rotatable bonds is 3. The molecule has 2 amide bonds. The summed E-state index contributed by atoms with van der Waals surface area (Å²) in [6.07, 6.45) is 1.02. The number of benzene rings is 2. The van der Waals surface area contributed by atoms with Crippen LogP contribution in [0.1, 0.15) is 18.1 Å². The summed E-state index contributed by atoms with van der Waals surface area (Å²) in [5.74, 6) is -1.29. The average molecular weight is 505 g/mol. The number of nitrogens with zero attached hydrogens (tertiary/aromatic N) is 5. The Morgan fingerprint density at radius 3 is 2.45 bits per heavy atom. The number of hydrogen-bond acceptors (Lipinski definition) is 7. The van der Waals surface area contributed by atoms with Crippen LogP contribution in [0.5, 0.6) is 0 Å². The average Bonchev–Trinajstić information content (AvgIpc) is 3.18. The topological polar surface area (TPSA) is 147 Å². The quantitative estimate of drug-likeness (QED) is 0.631. The molecule has 0 saturated carbocycles. The van der Waals surface area contributed by atoms with E-state index >= 15 is 0 Å². The van der Waals surface area contributed by atoms with E-state index in [1.807, 2.05) is 54.6 Å². The summed E-state index contributed by atoms with van der Waals surface area (Å²) < 4.78 is 5.22. The minimum atomic E-state index is -1.94. The van der Waals surface area contributed by atoms with Crippen molar-refractivity contribution in [3.8, 4) is 18.2 Å². The predicted molar refractivity (Wildman–Crippen MR) is 136 cm³/mol. The number of anilines is 1. The summed E-state index contributed by atoms with van der Waals surface area (Å²) >= 11 is 0. The Bertz CT molecular complexity index is 1510. The summed E-state index contributed by atoms with van der Waals surface area (Å²) in [7, 11) is 0. The number of amides is 2. The van der Waals surface area contributed by atoms with Gasteiger partial charge in [-0.3, -0.25) is 4.79 Å². The first-order valence-corrected chi connectivity index (χ1v) is 12.2. The predicted octanol–water partition coefficient (Wildman–Crippen LogP) is 3.27. The van der Waals surface area contributed by atoms with Gasteiger partial charge >= 0.3 is 6.09 Å². The lowest BCUT2D eigenvalue weighted by molar-refractivity contribution is -0.123. The molecule has 1 aliphatic carbocycles. The first kappa shape index (κ1) is 24.6. The SMILES string of the molecule is CCOC(=O)N1CC=C2[C@@H](C1)[C@]1(C(=O)N(Cc3ccccc3)c3ccccc31)C(C#N)=C(N)C2(C#N)C#N. The van der Waals surface area contributed by atoms with Crippen molar-refractivity contribution in [3.63, 3.8) is 0 Å². The van der Waals surface area contributed by atoms with Crippen LogP contribution >= 0.6 is 0 Å². The fraction of sp³-hybridized carbons (Fsp3) is 0.276. The highest BCUT2D eigenvalue weighted by atomic mass is 16.6. The Kier molecular flexibility index (Phi) is 5.90. The Balaban J connectivity index is 1.80. The maximum absolute atomic E-state index is 14.7. The number of carbonyl (C=O) groups is 2. The van der Waals surface area contributed by atoms with Gasteiger partial charge in [0.05, 0.1) is 42.6 Å². The summed E-state index contributed by atoms with van der Waals surface area (Å²) in [5.41, 5.74) is 4.92. The normalized spacial score (nSPS) is 23.1. The monoisotopic (exact) mass is 504 g/mol. The molecule has 2 aliphatic heterocycles. The van der Waals surface area contributed by atoms with Gasteiger partial charge in [0.25, 0.3) is 0 Å². The second-order valence-electron chi connectivity index (χ2n) is 9.39. The van der Waals surface area contributed by atoms with Crippen LogP contribution in [0.15, 0.2) is 77.5 Å². The number of allylic oxidation sites excluding steroid dienone is 1. The van der Waals surface area contributed by atoms with Gasteiger partial charge in [-0.15, -0.1) is 0 Å². The molecule has 0 saturated heterocycles. The third-order valence-electron chi connectivity index (χ3n) is 7.69. The van der Waals surface area contributed by atoms with Gasteiger partial charge in [0.2, 0.25) is 11.3 Å². The van der Waals surface area contributed by atoms with Crippen LogP contribution in [-0.2, 0) is 21.5 Å². The van der Waals surface area contributed by atoms with E-state index in [-0.39, 0.29) is 37.5 Å². The van der Waals surface area contributed by atoms with Crippen molar-refractivity contribution < 1.29 is 14.3 Å². The molecule has 2 N–H and O–H groups in total. The van der Waals surface area contributed by atoms with E-state index in [1.165, 1.54) is 4.90 Å². The number of nitriles is 3. The van der Waals surface area contributed by atoms with Crippen LogP contribution < -0.4 is 10.6 Å². The summed E-state index contributed by atoms with van der Waals surface area (Å²) in [4.78, 5) is 30.5. The van der Waals surface area contributed by atoms with E-state index in [9.17, 15) is 25.4 Å². The van der Waals surface area contributed by atoms with Crippen LogP contribution in [0.2, 0.25) is 0 Å². The molecule has 5 rings (SSSR count). The summed E-state index contributed by atoms with van der Waals surface area (Å²) in [6, 6.07) is 22.8. The second kappa shape index (κ2) is 9.10. The zero-order valence-corrected chi connectivity index (χ0v) is 20.7. The number of hydrogen-bond donors (Lipinski definition) is 1. The van der Waals surface area contributed by atoms with Gasteiger partial charge in [0.1, 0.15) is 5.41 Å². The molecule has 2 atom stereocenters. The van der Waals surface area contributed by atoms with Crippen molar-refractivity contribution in [2.24, 2.45) is 17.1 Å². The molecule has 38 heavy (non-hydrogen) atoms. The molecule has 3 aliphatic rings. The van der Waals surface area contributed by atoms with Crippen molar-refractivity contribution in [3.05, 3.63) is 88.6 Å². The largest absolute Gasteiger partial charge is 0.450 e. The molecule has 0 unspecified atom stereocenters. The minimum Gasteiger partial charge on any atom is -0.450 e. The number of ether oxygens (including phenoxy) is 1. The molecule has 1 spiro atoms. The minimum absolute atomic E-state index is 0.0342. The Labute approximate surface area is 220 Å². The van der Waals surface area contributed by atoms with Crippen LogP contribution in [0, 0.1) is 45.3 Å². The lowest BCUT2D eigenvalue weighted by Crippen LogP contribution is -2.59. The molecule has 0 radical (unpaired) electrons. The first-order chi connectivity index (χ1) is 18.4. The van der Waals surface area contributed by atoms with Gasteiger partial charge in [0, 0.05) is 24.7 Å². The van der Waals surface area contributed by atoms with Gasteiger partial charge < -0.3 is 20.3 Å². The van der Waals surface area contributed by atoms with Crippen molar-refractivity contribution in [1.82, 2.24) is 4.90 Å². The molecule has 9 heteroatoms. The summed E-state index contributed by atoms with van der Waals surface area (Å²) in [5, 5.41) is 30.9. The highest BCUT2D eigenvalue weighted by Crippen LogP contribution is 2.61. The Hall–Kier alpha value is -5.07. The van der Waals surface area contributed by atoms with E-state index in [0.29, 0.717) is 16.8 Å². The van der Waals surface area contributed by atoms with Crippen molar-refractivity contribution in [2.75, 3.05) is 24.6 Å². The molecule has 9 nitrogen and oxygen atoms in total. The van der Waals surface area contributed by atoms with E-state index in [4.69, 9.17) is 10.5 Å². The lowest BCUT2D eigenvalue weighted by Gasteiger charge is -2.49. The lowest BCUT2D eigenvalue weighted by atomic mass is 9.52. The van der Waals surface area contributed by atoms with Crippen molar-refractivity contribution in [1.29, 1.82) is 15.8 Å². The van der Waals surface area contributed by atoms with E-state index < -0.39 is 28.7 Å². The fourth-order valence-corrected chi connectivity index (χ4v) is 6.03. The standard InChI is InChI=1S/C29H24N6O3/c1-2-38-27(37)34-13-12-20-23(16-34)29(22(14-30)25(33)28(20,17-31)18-32)21-10-6-7-11-24(21)35(26(29)36)15-19-8-4-3-5-9-19/h3-12,23H,2,13,15-16,33H2,1H3/t23-,29-/m1/s1. The van der Waals surface area contributed by atoms with E-state index in [0.717, 1.165) is 5.56 Å². The van der Waals surface area contributed by atoms with E-state index in [1.54, 1.807) is 30.0 Å². The molecule has 2 aromatic rings. The van der Waals surface area contributed by atoms with Crippen LogP contribution in [0.3, 0.4) is 0 Å². The zero-order chi connectivity index (χ0) is 27.1. The van der Waals surface area contributed by atoms with E-state index in [2.05, 4.69) is 6.07 Å². The number of carbonyl (C=O) groups excluding carboxylic acids is 2. The molecule has 0 aromatic heterocycles. The van der Waals surface area contributed by atoms with Gasteiger partial charge in [-0.1, -0.05) is 54.6 Å². The second-order valence-corrected chi connectivity index (χ2v) is 9.39. The molecule has 0 fully saturated rings.